The minimum atomic E-state index is -0.0516. The highest BCUT2D eigenvalue weighted by Gasteiger charge is 2.33. The fraction of sp³-hybridized carbons (Fsp3) is 0.889. The number of carbonyl (C=O) groups is 2. The maximum atomic E-state index is 12.7. The van der Waals surface area contributed by atoms with E-state index in [0.29, 0.717) is 6.54 Å². The molecule has 2 rings (SSSR count). The van der Waals surface area contributed by atoms with Gasteiger partial charge in [0, 0.05) is 31.1 Å². The van der Waals surface area contributed by atoms with E-state index >= 15 is 0 Å². The van der Waals surface area contributed by atoms with Crippen LogP contribution >= 0.6 is 0 Å². The Labute approximate surface area is 140 Å². The van der Waals surface area contributed by atoms with Gasteiger partial charge in [0.05, 0.1) is 5.92 Å². The van der Waals surface area contributed by atoms with Crippen LogP contribution in [0.3, 0.4) is 0 Å². The summed E-state index contributed by atoms with van der Waals surface area (Å²) in [6.45, 7) is 5.54. The monoisotopic (exact) mass is 323 g/mol. The second-order valence-corrected chi connectivity index (χ2v) is 7.45. The van der Waals surface area contributed by atoms with Crippen LogP contribution in [-0.4, -0.2) is 41.9 Å². The highest BCUT2D eigenvalue weighted by atomic mass is 16.2. The van der Waals surface area contributed by atoms with E-state index in [4.69, 9.17) is 5.73 Å². The zero-order valence-corrected chi connectivity index (χ0v) is 14.7. The first kappa shape index (κ1) is 18.2. The number of likely N-dealkylation sites (tertiary alicyclic amines) is 1. The van der Waals surface area contributed by atoms with E-state index in [9.17, 15) is 9.59 Å². The van der Waals surface area contributed by atoms with Crippen LogP contribution in [0.1, 0.15) is 65.2 Å². The molecule has 5 nitrogen and oxygen atoms in total. The number of hydrogen-bond donors (Lipinski definition) is 2. The van der Waals surface area contributed by atoms with Crippen LogP contribution in [0.25, 0.3) is 0 Å². The van der Waals surface area contributed by atoms with Crippen molar-refractivity contribution in [3.05, 3.63) is 0 Å². The fourth-order valence-electron chi connectivity index (χ4n) is 3.97. The molecule has 0 spiro atoms. The third-order valence-corrected chi connectivity index (χ3v) is 5.28. The molecule has 1 heterocycles. The number of piperidine rings is 1. The van der Waals surface area contributed by atoms with E-state index in [-0.39, 0.29) is 35.7 Å². The Bertz CT molecular complexity index is 413. The lowest BCUT2D eigenvalue weighted by atomic mass is 9.84. The van der Waals surface area contributed by atoms with E-state index in [1.165, 1.54) is 0 Å². The van der Waals surface area contributed by atoms with Crippen LogP contribution in [0, 0.1) is 11.8 Å². The molecule has 2 fully saturated rings. The van der Waals surface area contributed by atoms with Gasteiger partial charge in [-0.2, -0.15) is 0 Å². The Kier molecular flexibility index (Phi) is 6.88. The molecule has 4 atom stereocenters. The van der Waals surface area contributed by atoms with Gasteiger partial charge < -0.3 is 16.0 Å². The van der Waals surface area contributed by atoms with Gasteiger partial charge in [0.2, 0.25) is 11.8 Å². The highest BCUT2D eigenvalue weighted by Crippen LogP contribution is 2.27. The van der Waals surface area contributed by atoms with Crippen molar-refractivity contribution in [2.24, 2.45) is 17.6 Å². The molecule has 0 aromatic carbocycles. The lowest BCUT2D eigenvalue weighted by molar-refractivity contribution is -0.140. The molecular formula is C18H33N3O2. The third kappa shape index (κ3) is 5.20. The van der Waals surface area contributed by atoms with Crippen LogP contribution in [0.15, 0.2) is 0 Å². The molecule has 0 aromatic heterocycles. The molecule has 5 heteroatoms. The minimum Gasteiger partial charge on any atom is -0.353 e. The molecule has 0 bridgehead atoms. The lowest BCUT2D eigenvalue weighted by Crippen LogP contribution is -2.49. The largest absolute Gasteiger partial charge is 0.353 e. The minimum absolute atomic E-state index is 0.0516. The van der Waals surface area contributed by atoms with Crippen molar-refractivity contribution in [3.63, 3.8) is 0 Å². The zero-order chi connectivity index (χ0) is 16.8. The average molecular weight is 323 g/mol. The Morgan fingerprint density at radius 3 is 2.65 bits per heavy atom. The van der Waals surface area contributed by atoms with E-state index < -0.39 is 0 Å². The molecule has 132 valence electrons. The SMILES string of the molecule is CCCC(C)NC(=O)C1CCCN(C(=O)C2CCCC(N)C2)C1. The number of nitrogens with one attached hydrogen (secondary N) is 1. The van der Waals surface area contributed by atoms with Gasteiger partial charge in [-0.15, -0.1) is 0 Å². The molecule has 23 heavy (non-hydrogen) atoms. The summed E-state index contributed by atoms with van der Waals surface area (Å²) >= 11 is 0. The summed E-state index contributed by atoms with van der Waals surface area (Å²) in [5, 5.41) is 3.10. The van der Waals surface area contributed by atoms with Crippen molar-refractivity contribution in [1.29, 1.82) is 0 Å². The maximum Gasteiger partial charge on any atom is 0.225 e. The van der Waals surface area contributed by atoms with E-state index in [2.05, 4.69) is 19.2 Å². The summed E-state index contributed by atoms with van der Waals surface area (Å²) in [5.41, 5.74) is 6.02. The van der Waals surface area contributed by atoms with Gasteiger partial charge in [-0.1, -0.05) is 19.8 Å². The normalized spacial score (nSPS) is 29.9. The summed E-state index contributed by atoms with van der Waals surface area (Å²) in [6, 6.07) is 0.381. The number of rotatable bonds is 5. The standard InChI is InChI=1S/C18H33N3O2/c1-3-6-13(2)20-17(22)15-8-5-10-21(12-15)18(23)14-7-4-9-16(19)11-14/h13-16H,3-12,19H2,1-2H3,(H,20,22). The molecule has 2 aliphatic rings. The first-order valence-corrected chi connectivity index (χ1v) is 9.36. The van der Waals surface area contributed by atoms with Crippen LogP contribution in [0.4, 0.5) is 0 Å². The van der Waals surface area contributed by atoms with Gasteiger partial charge in [-0.3, -0.25) is 9.59 Å². The predicted octanol–water partition coefficient (Wildman–Crippen LogP) is 2.05. The van der Waals surface area contributed by atoms with Crippen molar-refractivity contribution in [1.82, 2.24) is 10.2 Å². The molecular weight excluding hydrogens is 290 g/mol. The predicted molar refractivity (Wildman–Crippen MR) is 91.8 cm³/mol. The Hall–Kier alpha value is -1.10. The summed E-state index contributed by atoms with van der Waals surface area (Å²) in [7, 11) is 0. The Morgan fingerprint density at radius 2 is 1.96 bits per heavy atom. The Morgan fingerprint density at radius 1 is 1.22 bits per heavy atom. The van der Waals surface area contributed by atoms with Crippen LogP contribution in [-0.2, 0) is 9.59 Å². The van der Waals surface area contributed by atoms with Crippen molar-refractivity contribution in [2.75, 3.05) is 13.1 Å². The quantitative estimate of drug-likeness (QED) is 0.813. The number of amides is 2. The molecule has 0 aromatic rings. The first-order chi connectivity index (χ1) is 11.0. The summed E-state index contributed by atoms with van der Waals surface area (Å²) in [5.74, 6) is 0.354. The molecule has 1 aliphatic carbocycles. The van der Waals surface area contributed by atoms with Crippen LogP contribution < -0.4 is 11.1 Å². The molecule has 4 unspecified atom stereocenters. The molecule has 3 N–H and O–H groups in total. The number of nitrogens with zero attached hydrogens (tertiary/aromatic N) is 1. The van der Waals surface area contributed by atoms with Gasteiger partial charge >= 0.3 is 0 Å². The van der Waals surface area contributed by atoms with Crippen molar-refractivity contribution < 1.29 is 9.59 Å². The van der Waals surface area contributed by atoms with E-state index in [0.717, 1.165) is 57.9 Å². The fourth-order valence-corrected chi connectivity index (χ4v) is 3.97. The highest BCUT2D eigenvalue weighted by molar-refractivity contribution is 5.82. The summed E-state index contributed by atoms with van der Waals surface area (Å²) < 4.78 is 0. The second-order valence-electron chi connectivity index (χ2n) is 7.45. The van der Waals surface area contributed by atoms with Gasteiger partial charge in [0.25, 0.3) is 0 Å². The molecule has 2 amide bonds. The maximum absolute atomic E-state index is 12.7. The van der Waals surface area contributed by atoms with Gasteiger partial charge in [-0.25, -0.2) is 0 Å². The second kappa shape index (κ2) is 8.67. The smallest absolute Gasteiger partial charge is 0.225 e. The summed E-state index contributed by atoms with van der Waals surface area (Å²) in [4.78, 5) is 27.1. The van der Waals surface area contributed by atoms with Gasteiger partial charge in [-0.05, 0) is 45.4 Å². The average Bonchev–Trinajstić information content (AvgIpc) is 2.54. The zero-order valence-electron chi connectivity index (χ0n) is 14.7. The molecule has 0 radical (unpaired) electrons. The number of nitrogens with two attached hydrogens (primary N) is 1. The van der Waals surface area contributed by atoms with E-state index in [1.807, 2.05) is 4.90 Å². The first-order valence-electron chi connectivity index (χ1n) is 9.36. The molecule has 1 saturated carbocycles. The van der Waals surface area contributed by atoms with E-state index in [1.54, 1.807) is 0 Å². The third-order valence-electron chi connectivity index (χ3n) is 5.28. The van der Waals surface area contributed by atoms with Crippen LogP contribution in [0.5, 0.6) is 0 Å². The van der Waals surface area contributed by atoms with Gasteiger partial charge in [0.1, 0.15) is 0 Å². The topological polar surface area (TPSA) is 75.4 Å². The van der Waals surface area contributed by atoms with Crippen molar-refractivity contribution in [2.45, 2.75) is 77.3 Å². The molecule has 1 saturated heterocycles. The van der Waals surface area contributed by atoms with Crippen LogP contribution in [0.2, 0.25) is 0 Å². The molecule has 1 aliphatic heterocycles. The van der Waals surface area contributed by atoms with Gasteiger partial charge in [0.15, 0.2) is 0 Å². The van der Waals surface area contributed by atoms with Crippen molar-refractivity contribution in [3.8, 4) is 0 Å². The lowest BCUT2D eigenvalue weighted by Gasteiger charge is -2.36. The van der Waals surface area contributed by atoms with Crippen molar-refractivity contribution >= 4 is 11.8 Å². The number of carbonyl (C=O) groups excluding carboxylic acids is 2. The summed E-state index contributed by atoms with van der Waals surface area (Å²) in [6.07, 6.45) is 7.71. The Balaban J connectivity index is 1.87. The number of hydrogen-bond acceptors (Lipinski definition) is 3.